The SMILES string of the molecule is CCCc1nc(S/C(=C/c2cc([N+](=O)[O-])ccc2N(CC)CC)C(=O)O)n[nH]1. The van der Waals surface area contributed by atoms with E-state index in [0.29, 0.717) is 29.6 Å². The Morgan fingerprint density at radius 3 is 2.64 bits per heavy atom. The highest BCUT2D eigenvalue weighted by Gasteiger charge is 2.18. The van der Waals surface area contributed by atoms with E-state index in [4.69, 9.17) is 0 Å². The third kappa shape index (κ3) is 5.32. The number of nitrogens with zero attached hydrogens (tertiary/aromatic N) is 4. The molecule has 2 rings (SSSR count). The Morgan fingerprint density at radius 2 is 2.07 bits per heavy atom. The Balaban J connectivity index is 2.47. The maximum Gasteiger partial charge on any atom is 0.342 e. The van der Waals surface area contributed by atoms with Crippen molar-refractivity contribution in [2.45, 2.75) is 38.8 Å². The molecule has 0 spiro atoms. The highest BCUT2D eigenvalue weighted by molar-refractivity contribution is 8.04. The van der Waals surface area contributed by atoms with Crippen molar-refractivity contribution in [2.75, 3.05) is 18.0 Å². The average Bonchev–Trinajstić information content (AvgIpc) is 3.10. The van der Waals surface area contributed by atoms with E-state index in [1.165, 1.54) is 18.2 Å². The fourth-order valence-corrected chi connectivity index (χ4v) is 3.39. The number of aryl methyl sites for hydroxylation is 1. The fraction of sp³-hybridized carbons (Fsp3) is 0.389. The molecular weight excluding hydrogens is 382 g/mol. The van der Waals surface area contributed by atoms with Crippen LogP contribution in [0.25, 0.3) is 6.08 Å². The van der Waals surface area contributed by atoms with Crippen molar-refractivity contribution >= 4 is 35.2 Å². The molecule has 2 N–H and O–H groups in total. The Labute approximate surface area is 167 Å². The van der Waals surface area contributed by atoms with Crippen LogP contribution in [0.5, 0.6) is 0 Å². The number of non-ortho nitro benzene ring substituents is 1. The second kappa shape index (κ2) is 9.88. The van der Waals surface area contributed by atoms with Gasteiger partial charge in [0.15, 0.2) is 0 Å². The topological polar surface area (TPSA) is 125 Å². The zero-order valence-corrected chi connectivity index (χ0v) is 16.8. The van der Waals surface area contributed by atoms with Crippen molar-refractivity contribution in [3.63, 3.8) is 0 Å². The van der Waals surface area contributed by atoms with Crippen LogP contribution in [0, 0.1) is 10.1 Å². The minimum absolute atomic E-state index is 0.0176. The molecule has 0 unspecified atom stereocenters. The van der Waals surface area contributed by atoms with Crippen LogP contribution in [0.15, 0.2) is 28.3 Å². The predicted octanol–water partition coefficient (Wildman–Crippen LogP) is 3.73. The number of carboxylic acid groups (broad SMARTS) is 1. The van der Waals surface area contributed by atoms with Gasteiger partial charge in [0.05, 0.1) is 4.92 Å². The molecule has 0 saturated heterocycles. The first-order valence-electron chi connectivity index (χ1n) is 8.97. The summed E-state index contributed by atoms with van der Waals surface area (Å²) in [6.45, 7) is 7.31. The number of anilines is 1. The number of benzene rings is 1. The number of hydrogen-bond acceptors (Lipinski definition) is 7. The van der Waals surface area contributed by atoms with E-state index < -0.39 is 10.9 Å². The average molecular weight is 405 g/mol. The molecule has 0 aliphatic carbocycles. The van der Waals surface area contributed by atoms with E-state index in [9.17, 15) is 20.0 Å². The van der Waals surface area contributed by atoms with E-state index in [0.717, 1.165) is 30.3 Å². The molecule has 0 radical (unpaired) electrons. The molecule has 0 fully saturated rings. The zero-order valence-electron chi connectivity index (χ0n) is 16.0. The van der Waals surface area contributed by atoms with E-state index in [1.807, 2.05) is 25.7 Å². The van der Waals surface area contributed by atoms with Gasteiger partial charge in [-0.3, -0.25) is 15.2 Å². The van der Waals surface area contributed by atoms with Crippen molar-refractivity contribution in [3.05, 3.63) is 44.6 Å². The van der Waals surface area contributed by atoms with Gasteiger partial charge >= 0.3 is 5.97 Å². The van der Waals surface area contributed by atoms with Crippen molar-refractivity contribution in [2.24, 2.45) is 0 Å². The van der Waals surface area contributed by atoms with Crippen molar-refractivity contribution < 1.29 is 14.8 Å². The van der Waals surface area contributed by atoms with Gasteiger partial charge in [0, 0.05) is 42.9 Å². The lowest BCUT2D eigenvalue weighted by Crippen LogP contribution is -2.22. The Kier molecular flexibility index (Phi) is 7.56. The van der Waals surface area contributed by atoms with Gasteiger partial charge in [-0.05, 0) is 44.2 Å². The Morgan fingerprint density at radius 1 is 1.36 bits per heavy atom. The lowest BCUT2D eigenvalue weighted by molar-refractivity contribution is -0.384. The number of nitro benzene ring substituents is 1. The van der Waals surface area contributed by atoms with Crippen LogP contribution in [-0.4, -0.2) is 44.3 Å². The molecule has 9 nitrogen and oxygen atoms in total. The van der Waals surface area contributed by atoms with Gasteiger partial charge in [0.25, 0.3) is 5.69 Å². The molecule has 28 heavy (non-hydrogen) atoms. The zero-order chi connectivity index (χ0) is 20.7. The summed E-state index contributed by atoms with van der Waals surface area (Å²) in [6.07, 6.45) is 3.04. The second-order valence-corrected chi connectivity index (χ2v) is 6.91. The second-order valence-electron chi connectivity index (χ2n) is 5.90. The van der Waals surface area contributed by atoms with Crippen molar-refractivity contribution in [1.82, 2.24) is 15.2 Å². The molecule has 0 aliphatic rings. The molecule has 1 heterocycles. The van der Waals surface area contributed by atoms with Crippen LogP contribution < -0.4 is 4.90 Å². The number of thioether (sulfide) groups is 1. The van der Waals surface area contributed by atoms with E-state index in [2.05, 4.69) is 15.2 Å². The van der Waals surface area contributed by atoms with Gasteiger partial charge < -0.3 is 10.0 Å². The molecule has 0 atom stereocenters. The van der Waals surface area contributed by atoms with Gasteiger partial charge in [0.2, 0.25) is 5.16 Å². The number of nitrogens with one attached hydrogen (secondary N) is 1. The standard InChI is InChI=1S/C18H23N5O4S/c1-4-7-16-19-18(21-20-16)28-15(17(24)25)11-12-10-13(23(26)27)8-9-14(12)22(5-2)6-3/h8-11H,4-7H2,1-3H3,(H,24,25)(H,19,20,21)/b15-11+. The lowest BCUT2D eigenvalue weighted by Gasteiger charge is -2.23. The molecule has 150 valence electrons. The summed E-state index contributed by atoms with van der Waals surface area (Å²) in [5, 5.41) is 27.9. The lowest BCUT2D eigenvalue weighted by atomic mass is 10.1. The molecule has 1 aromatic heterocycles. The number of nitro groups is 1. The summed E-state index contributed by atoms with van der Waals surface area (Å²) < 4.78 is 0. The third-order valence-corrected chi connectivity index (χ3v) is 4.90. The Hall–Kier alpha value is -2.88. The first-order valence-corrected chi connectivity index (χ1v) is 9.78. The van der Waals surface area contributed by atoms with Crippen molar-refractivity contribution in [3.8, 4) is 0 Å². The summed E-state index contributed by atoms with van der Waals surface area (Å²) in [5.41, 5.74) is 1.10. The largest absolute Gasteiger partial charge is 0.477 e. The minimum Gasteiger partial charge on any atom is -0.477 e. The smallest absolute Gasteiger partial charge is 0.342 e. The first kappa shape index (κ1) is 21.4. The molecule has 0 bridgehead atoms. The van der Waals surface area contributed by atoms with E-state index >= 15 is 0 Å². The van der Waals surface area contributed by atoms with E-state index in [1.54, 1.807) is 6.07 Å². The highest BCUT2D eigenvalue weighted by atomic mass is 32.2. The quantitative estimate of drug-likeness (QED) is 0.265. The van der Waals surface area contributed by atoms with Gasteiger partial charge in [-0.15, -0.1) is 5.10 Å². The summed E-state index contributed by atoms with van der Waals surface area (Å²) in [4.78, 5) is 28.7. The minimum atomic E-state index is -1.15. The number of carbonyl (C=O) groups is 1. The molecule has 2 aromatic rings. The molecule has 0 aliphatic heterocycles. The number of aromatic nitrogens is 3. The third-order valence-electron chi connectivity index (χ3n) is 4.02. The summed E-state index contributed by atoms with van der Waals surface area (Å²) >= 11 is 0.908. The van der Waals surface area contributed by atoms with Crippen LogP contribution in [0.1, 0.15) is 38.6 Å². The Bertz CT molecular complexity index is 877. The number of aliphatic carboxylic acids is 1. The first-order chi connectivity index (χ1) is 13.4. The summed E-state index contributed by atoms with van der Waals surface area (Å²) in [7, 11) is 0. The maximum absolute atomic E-state index is 11.8. The fourth-order valence-electron chi connectivity index (χ4n) is 2.67. The molecule has 1 aromatic carbocycles. The molecule has 10 heteroatoms. The maximum atomic E-state index is 11.8. The van der Waals surface area contributed by atoms with Gasteiger partial charge in [-0.25, -0.2) is 9.78 Å². The summed E-state index contributed by atoms with van der Waals surface area (Å²) in [6, 6.07) is 4.45. The molecule has 0 amide bonds. The van der Waals surface area contributed by atoms with Crippen LogP contribution >= 0.6 is 11.8 Å². The van der Waals surface area contributed by atoms with Crippen LogP contribution in [-0.2, 0) is 11.2 Å². The predicted molar refractivity (Wildman–Crippen MR) is 109 cm³/mol. The van der Waals surface area contributed by atoms with Crippen LogP contribution in [0.3, 0.4) is 0 Å². The number of hydrogen-bond donors (Lipinski definition) is 2. The number of carboxylic acids is 1. The van der Waals surface area contributed by atoms with Crippen LogP contribution in [0.2, 0.25) is 0 Å². The van der Waals surface area contributed by atoms with Crippen molar-refractivity contribution in [1.29, 1.82) is 0 Å². The molecular formula is C18H23N5O4S. The normalized spacial score (nSPS) is 11.5. The van der Waals surface area contributed by atoms with Gasteiger partial charge in [-0.1, -0.05) is 6.92 Å². The van der Waals surface area contributed by atoms with Gasteiger partial charge in [0.1, 0.15) is 10.7 Å². The number of rotatable bonds is 10. The van der Waals surface area contributed by atoms with E-state index in [-0.39, 0.29) is 10.6 Å². The summed E-state index contributed by atoms with van der Waals surface area (Å²) in [5.74, 6) is -0.460. The monoisotopic (exact) mass is 405 g/mol. The van der Waals surface area contributed by atoms with Gasteiger partial charge in [-0.2, -0.15) is 0 Å². The number of H-pyrrole nitrogens is 1. The highest BCUT2D eigenvalue weighted by Crippen LogP contribution is 2.32. The molecule has 0 saturated carbocycles. The number of aromatic amines is 1. The van der Waals surface area contributed by atoms with Crippen LogP contribution in [0.4, 0.5) is 11.4 Å².